The van der Waals surface area contributed by atoms with E-state index >= 15 is 0 Å². The predicted molar refractivity (Wildman–Crippen MR) is 104 cm³/mol. The SMILES string of the molecule is CCOc1ccc(C(C)=NNC(=O)c2cc(-c3ccc(C)s3)[nH]n2)cc1. The molecule has 2 heterocycles. The second kappa shape index (κ2) is 7.97. The summed E-state index contributed by atoms with van der Waals surface area (Å²) < 4.78 is 5.42. The second-order valence-electron chi connectivity index (χ2n) is 5.67. The summed E-state index contributed by atoms with van der Waals surface area (Å²) >= 11 is 1.65. The first kappa shape index (κ1) is 17.9. The fourth-order valence-corrected chi connectivity index (χ4v) is 3.19. The number of nitrogens with one attached hydrogen (secondary N) is 2. The average molecular weight is 368 g/mol. The molecule has 2 aromatic heterocycles. The van der Waals surface area contributed by atoms with E-state index in [4.69, 9.17) is 4.74 Å². The van der Waals surface area contributed by atoms with E-state index in [2.05, 4.69) is 20.7 Å². The van der Waals surface area contributed by atoms with Gasteiger partial charge in [0.1, 0.15) is 5.75 Å². The van der Waals surface area contributed by atoms with Crippen molar-refractivity contribution in [3.05, 3.63) is 58.6 Å². The van der Waals surface area contributed by atoms with Gasteiger partial charge in [-0.05, 0) is 68.8 Å². The van der Waals surface area contributed by atoms with Gasteiger partial charge in [0, 0.05) is 4.88 Å². The van der Waals surface area contributed by atoms with E-state index in [0.29, 0.717) is 18.0 Å². The molecule has 0 bridgehead atoms. The number of nitrogens with zero attached hydrogens (tertiary/aromatic N) is 2. The molecule has 1 aromatic carbocycles. The lowest BCUT2D eigenvalue weighted by atomic mass is 10.1. The summed E-state index contributed by atoms with van der Waals surface area (Å²) in [6.45, 7) is 6.44. The Balaban J connectivity index is 1.66. The summed E-state index contributed by atoms with van der Waals surface area (Å²) in [6.07, 6.45) is 0. The Morgan fingerprint density at radius 2 is 2.04 bits per heavy atom. The van der Waals surface area contributed by atoms with Crippen LogP contribution in [0.25, 0.3) is 10.6 Å². The van der Waals surface area contributed by atoms with Gasteiger partial charge in [0.15, 0.2) is 5.69 Å². The minimum atomic E-state index is -0.355. The Morgan fingerprint density at radius 3 is 2.69 bits per heavy atom. The van der Waals surface area contributed by atoms with Gasteiger partial charge < -0.3 is 4.74 Å². The Labute approximate surface area is 155 Å². The molecule has 0 spiro atoms. The van der Waals surface area contributed by atoms with Crippen molar-refractivity contribution in [3.8, 4) is 16.3 Å². The van der Waals surface area contributed by atoms with Crippen molar-refractivity contribution < 1.29 is 9.53 Å². The van der Waals surface area contributed by atoms with Crippen molar-refractivity contribution in [2.75, 3.05) is 6.61 Å². The molecule has 0 aliphatic heterocycles. The van der Waals surface area contributed by atoms with E-state index in [1.807, 2.05) is 57.2 Å². The molecule has 0 unspecified atom stereocenters. The number of aryl methyl sites for hydroxylation is 1. The van der Waals surface area contributed by atoms with Crippen LogP contribution in [0, 0.1) is 6.92 Å². The van der Waals surface area contributed by atoms with Crippen LogP contribution >= 0.6 is 11.3 Å². The molecule has 3 rings (SSSR count). The third-order valence-electron chi connectivity index (χ3n) is 3.72. The van der Waals surface area contributed by atoms with E-state index in [0.717, 1.165) is 21.9 Å². The third kappa shape index (κ3) is 4.18. The van der Waals surface area contributed by atoms with Gasteiger partial charge >= 0.3 is 0 Å². The van der Waals surface area contributed by atoms with E-state index in [1.165, 1.54) is 4.88 Å². The number of amides is 1. The topological polar surface area (TPSA) is 79.4 Å². The summed E-state index contributed by atoms with van der Waals surface area (Å²) in [5, 5.41) is 11.1. The third-order valence-corrected chi connectivity index (χ3v) is 4.76. The highest BCUT2D eigenvalue weighted by Crippen LogP contribution is 2.26. The molecule has 2 N–H and O–H groups in total. The zero-order chi connectivity index (χ0) is 18.5. The smallest absolute Gasteiger partial charge is 0.291 e. The number of aromatic amines is 1. The van der Waals surface area contributed by atoms with E-state index < -0.39 is 0 Å². The van der Waals surface area contributed by atoms with Crippen LogP contribution in [-0.4, -0.2) is 28.4 Å². The number of ether oxygens (including phenoxy) is 1. The number of aromatic nitrogens is 2. The van der Waals surface area contributed by atoms with Crippen LogP contribution in [0.2, 0.25) is 0 Å². The maximum absolute atomic E-state index is 12.3. The van der Waals surface area contributed by atoms with Gasteiger partial charge in [-0.3, -0.25) is 9.89 Å². The van der Waals surface area contributed by atoms with Crippen LogP contribution in [0.3, 0.4) is 0 Å². The minimum absolute atomic E-state index is 0.300. The van der Waals surface area contributed by atoms with Gasteiger partial charge in [0.25, 0.3) is 5.91 Å². The number of thiophene rings is 1. The first-order valence-electron chi connectivity index (χ1n) is 8.27. The van der Waals surface area contributed by atoms with Gasteiger partial charge in [0.05, 0.1) is 22.9 Å². The van der Waals surface area contributed by atoms with Gasteiger partial charge in [-0.25, -0.2) is 5.43 Å². The van der Waals surface area contributed by atoms with Crippen molar-refractivity contribution in [1.82, 2.24) is 15.6 Å². The highest BCUT2D eigenvalue weighted by molar-refractivity contribution is 7.15. The van der Waals surface area contributed by atoms with E-state index in [1.54, 1.807) is 17.4 Å². The summed E-state index contributed by atoms with van der Waals surface area (Å²) in [5.74, 6) is 0.451. The monoisotopic (exact) mass is 368 g/mol. The normalized spacial score (nSPS) is 11.4. The fourth-order valence-electron chi connectivity index (χ4n) is 2.36. The highest BCUT2D eigenvalue weighted by atomic mass is 32.1. The molecule has 0 radical (unpaired) electrons. The minimum Gasteiger partial charge on any atom is -0.494 e. The number of rotatable bonds is 6. The molecule has 1 amide bonds. The lowest BCUT2D eigenvalue weighted by Crippen LogP contribution is -2.19. The van der Waals surface area contributed by atoms with Gasteiger partial charge in [-0.15, -0.1) is 11.3 Å². The van der Waals surface area contributed by atoms with Crippen molar-refractivity contribution in [2.45, 2.75) is 20.8 Å². The number of carbonyl (C=O) groups is 1. The predicted octanol–water partition coefficient (Wildman–Crippen LogP) is 4.00. The van der Waals surface area contributed by atoms with Crippen LogP contribution in [0.4, 0.5) is 0 Å². The molecule has 0 saturated heterocycles. The van der Waals surface area contributed by atoms with Crippen LogP contribution in [-0.2, 0) is 0 Å². The number of carbonyl (C=O) groups excluding carboxylic acids is 1. The number of H-pyrrole nitrogens is 1. The number of hydrogen-bond donors (Lipinski definition) is 2. The molecule has 26 heavy (non-hydrogen) atoms. The van der Waals surface area contributed by atoms with Crippen molar-refractivity contribution >= 4 is 23.0 Å². The molecule has 0 atom stereocenters. The molecule has 0 aliphatic rings. The quantitative estimate of drug-likeness (QED) is 0.510. The van der Waals surface area contributed by atoms with Gasteiger partial charge in [-0.2, -0.15) is 10.2 Å². The summed E-state index contributed by atoms with van der Waals surface area (Å²) in [6, 6.07) is 13.3. The zero-order valence-electron chi connectivity index (χ0n) is 14.9. The Bertz CT molecular complexity index is 925. The van der Waals surface area contributed by atoms with Crippen LogP contribution in [0.1, 0.15) is 34.8 Å². The highest BCUT2D eigenvalue weighted by Gasteiger charge is 2.12. The van der Waals surface area contributed by atoms with Gasteiger partial charge in [-0.1, -0.05) is 0 Å². The number of hydrazone groups is 1. The first-order valence-corrected chi connectivity index (χ1v) is 9.08. The molecular formula is C19H20N4O2S. The maximum Gasteiger partial charge on any atom is 0.291 e. The van der Waals surface area contributed by atoms with Crippen LogP contribution in [0.5, 0.6) is 5.75 Å². The Kier molecular flexibility index (Phi) is 5.48. The zero-order valence-corrected chi connectivity index (χ0v) is 15.7. The first-order chi connectivity index (χ1) is 12.6. The molecule has 7 heteroatoms. The van der Waals surface area contributed by atoms with E-state index in [9.17, 15) is 4.79 Å². The van der Waals surface area contributed by atoms with E-state index in [-0.39, 0.29) is 5.91 Å². The summed E-state index contributed by atoms with van der Waals surface area (Å²) in [4.78, 5) is 14.5. The second-order valence-corrected chi connectivity index (χ2v) is 6.96. The maximum atomic E-state index is 12.3. The fraction of sp³-hybridized carbons (Fsp3) is 0.211. The van der Waals surface area contributed by atoms with Gasteiger partial charge in [0.2, 0.25) is 0 Å². The standard InChI is InChI=1S/C19H20N4O2S/c1-4-25-15-8-6-14(7-9-15)13(3)20-23-19(24)17-11-16(21-22-17)18-10-5-12(2)26-18/h5-11H,4H2,1-3H3,(H,21,22)(H,23,24). The lowest BCUT2D eigenvalue weighted by Gasteiger charge is -2.05. The summed E-state index contributed by atoms with van der Waals surface area (Å²) in [5.41, 5.74) is 5.27. The van der Waals surface area contributed by atoms with Crippen molar-refractivity contribution in [1.29, 1.82) is 0 Å². The Hall–Kier alpha value is -2.93. The van der Waals surface area contributed by atoms with Crippen molar-refractivity contribution in [3.63, 3.8) is 0 Å². The largest absolute Gasteiger partial charge is 0.494 e. The molecule has 134 valence electrons. The van der Waals surface area contributed by atoms with Crippen LogP contribution in [0.15, 0.2) is 47.6 Å². The molecule has 6 nitrogen and oxygen atoms in total. The Morgan fingerprint density at radius 1 is 1.27 bits per heavy atom. The molecule has 0 aliphatic carbocycles. The lowest BCUT2D eigenvalue weighted by molar-refractivity contribution is 0.0950. The molecule has 3 aromatic rings. The molecular weight excluding hydrogens is 348 g/mol. The molecule has 0 fully saturated rings. The number of hydrogen-bond acceptors (Lipinski definition) is 5. The number of benzene rings is 1. The molecule has 0 saturated carbocycles. The summed E-state index contributed by atoms with van der Waals surface area (Å²) in [7, 11) is 0. The van der Waals surface area contributed by atoms with Crippen LogP contribution < -0.4 is 10.2 Å². The average Bonchev–Trinajstić information content (AvgIpc) is 3.29. The van der Waals surface area contributed by atoms with Crippen molar-refractivity contribution in [2.24, 2.45) is 5.10 Å².